The number of hydrogen-bond donors (Lipinski definition) is 1. The predicted octanol–water partition coefficient (Wildman–Crippen LogP) is 2.91. The van der Waals surface area contributed by atoms with Crippen molar-refractivity contribution >= 4 is 10.9 Å². The van der Waals surface area contributed by atoms with E-state index in [1.54, 1.807) is 0 Å². The zero-order chi connectivity index (χ0) is 14.6. The average molecular weight is 271 g/mol. The highest BCUT2D eigenvalue weighted by molar-refractivity contribution is 5.78. The summed E-state index contributed by atoms with van der Waals surface area (Å²) in [4.78, 5) is 6.59. The molecule has 1 aromatic carbocycles. The van der Waals surface area contributed by atoms with E-state index in [0.29, 0.717) is 0 Å². The lowest BCUT2D eigenvalue weighted by molar-refractivity contribution is 0.232. The van der Waals surface area contributed by atoms with Crippen LogP contribution in [0.2, 0.25) is 0 Å². The third kappa shape index (κ3) is 4.29. The summed E-state index contributed by atoms with van der Waals surface area (Å²) in [5, 5.41) is 4.77. The lowest BCUT2D eigenvalue weighted by Gasteiger charge is -2.28. The molecule has 1 N–H and O–H groups in total. The van der Waals surface area contributed by atoms with Gasteiger partial charge >= 0.3 is 0 Å². The fourth-order valence-electron chi connectivity index (χ4n) is 2.69. The third-order valence-electron chi connectivity index (χ3n) is 3.34. The Morgan fingerprint density at radius 2 is 2.00 bits per heavy atom. The van der Waals surface area contributed by atoms with Gasteiger partial charge in [0, 0.05) is 31.2 Å². The van der Waals surface area contributed by atoms with Gasteiger partial charge in [0.1, 0.15) is 0 Å². The minimum Gasteiger partial charge on any atom is -0.312 e. The molecule has 0 fully saturated rings. The first kappa shape index (κ1) is 14.9. The minimum atomic E-state index is 0.280. The number of aromatic nitrogens is 1. The number of rotatable bonds is 6. The quantitative estimate of drug-likeness (QED) is 0.875. The van der Waals surface area contributed by atoms with Gasteiger partial charge in [0.15, 0.2) is 0 Å². The van der Waals surface area contributed by atoms with Crippen LogP contribution in [0.4, 0.5) is 0 Å². The Morgan fingerprint density at radius 1 is 1.20 bits per heavy atom. The van der Waals surface area contributed by atoms with Crippen LogP contribution in [-0.4, -0.2) is 37.1 Å². The van der Waals surface area contributed by atoms with Crippen LogP contribution in [-0.2, 0) is 6.54 Å². The van der Waals surface area contributed by atoms with E-state index in [0.717, 1.165) is 25.2 Å². The second-order valence-electron chi connectivity index (χ2n) is 6.54. The molecule has 0 radical (unpaired) electrons. The first-order valence-corrected chi connectivity index (χ1v) is 7.15. The number of nitrogens with one attached hydrogen (secondary N) is 1. The topological polar surface area (TPSA) is 28.2 Å². The summed E-state index contributed by atoms with van der Waals surface area (Å²) in [6.07, 6.45) is 1.84. The van der Waals surface area contributed by atoms with Gasteiger partial charge in [-0.05, 0) is 43.3 Å². The molecule has 3 heteroatoms. The van der Waals surface area contributed by atoms with Crippen LogP contribution in [0.5, 0.6) is 0 Å². The summed E-state index contributed by atoms with van der Waals surface area (Å²) >= 11 is 0. The van der Waals surface area contributed by atoms with Crippen LogP contribution in [0.15, 0.2) is 36.5 Å². The van der Waals surface area contributed by atoms with E-state index in [4.69, 9.17) is 0 Å². The van der Waals surface area contributed by atoms with E-state index in [9.17, 15) is 0 Å². The summed E-state index contributed by atoms with van der Waals surface area (Å²) in [6.45, 7) is 7.59. The number of benzene rings is 1. The highest BCUT2D eigenvalue weighted by Gasteiger charge is 2.17. The van der Waals surface area contributed by atoms with Crippen LogP contribution < -0.4 is 5.32 Å². The zero-order valence-electron chi connectivity index (χ0n) is 13.0. The van der Waals surface area contributed by atoms with E-state index >= 15 is 0 Å². The maximum Gasteiger partial charge on any atom is 0.0702 e. The van der Waals surface area contributed by atoms with Gasteiger partial charge in [0.25, 0.3) is 0 Å². The fourth-order valence-corrected chi connectivity index (χ4v) is 2.69. The van der Waals surface area contributed by atoms with Crippen molar-refractivity contribution < 1.29 is 0 Å². The van der Waals surface area contributed by atoms with Crippen LogP contribution in [0.25, 0.3) is 10.9 Å². The van der Waals surface area contributed by atoms with E-state index < -0.39 is 0 Å². The van der Waals surface area contributed by atoms with Gasteiger partial charge in [-0.3, -0.25) is 4.98 Å². The molecule has 0 saturated carbocycles. The van der Waals surface area contributed by atoms with Crippen molar-refractivity contribution in [3.05, 3.63) is 42.1 Å². The van der Waals surface area contributed by atoms with E-state index in [-0.39, 0.29) is 5.41 Å². The Morgan fingerprint density at radius 3 is 2.75 bits per heavy atom. The molecule has 0 aliphatic carbocycles. The van der Waals surface area contributed by atoms with Crippen molar-refractivity contribution in [2.24, 2.45) is 5.41 Å². The average Bonchev–Trinajstić information content (AvgIpc) is 2.37. The van der Waals surface area contributed by atoms with Crippen molar-refractivity contribution in [2.45, 2.75) is 20.4 Å². The fraction of sp³-hybridized carbons (Fsp3) is 0.471. The van der Waals surface area contributed by atoms with E-state index in [1.807, 2.05) is 12.3 Å². The molecule has 0 amide bonds. The molecule has 0 bridgehead atoms. The summed E-state index contributed by atoms with van der Waals surface area (Å²) in [5.41, 5.74) is 2.65. The summed E-state index contributed by atoms with van der Waals surface area (Å²) in [6, 6.07) is 10.6. The summed E-state index contributed by atoms with van der Waals surface area (Å²) < 4.78 is 0. The number of hydrogen-bond acceptors (Lipinski definition) is 3. The van der Waals surface area contributed by atoms with Crippen molar-refractivity contribution in [3.8, 4) is 0 Å². The molecule has 3 nitrogen and oxygen atoms in total. The lowest BCUT2D eigenvalue weighted by Crippen LogP contribution is -2.37. The Bertz CT molecular complexity index is 561. The van der Waals surface area contributed by atoms with Crippen LogP contribution in [0.3, 0.4) is 0 Å². The molecule has 1 aromatic heterocycles. The molecular weight excluding hydrogens is 246 g/mol. The van der Waals surface area contributed by atoms with E-state index in [1.165, 1.54) is 10.9 Å². The Balaban J connectivity index is 1.92. The van der Waals surface area contributed by atoms with Crippen molar-refractivity contribution in [1.82, 2.24) is 15.2 Å². The van der Waals surface area contributed by atoms with E-state index in [2.05, 4.69) is 67.4 Å². The zero-order valence-corrected chi connectivity index (χ0v) is 13.0. The Kier molecular flexibility index (Phi) is 4.73. The molecule has 0 aliphatic rings. The molecule has 0 unspecified atom stereocenters. The highest BCUT2D eigenvalue weighted by Crippen LogP contribution is 2.16. The van der Waals surface area contributed by atoms with Gasteiger partial charge in [-0.25, -0.2) is 0 Å². The number of nitrogens with zero attached hydrogens (tertiary/aromatic N) is 2. The minimum absolute atomic E-state index is 0.280. The molecular formula is C17H25N3. The highest BCUT2D eigenvalue weighted by atomic mass is 15.1. The molecule has 20 heavy (non-hydrogen) atoms. The Labute approximate surface area is 122 Å². The third-order valence-corrected chi connectivity index (χ3v) is 3.34. The van der Waals surface area contributed by atoms with Gasteiger partial charge in [-0.15, -0.1) is 0 Å². The molecule has 108 valence electrons. The van der Waals surface area contributed by atoms with Gasteiger partial charge in [-0.2, -0.15) is 0 Å². The molecule has 1 heterocycles. The van der Waals surface area contributed by atoms with Crippen molar-refractivity contribution in [3.63, 3.8) is 0 Å². The van der Waals surface area contributed by atoms with Gasteiger partial charge in [0.2, 0.25) is 0 Å². The largest absolute Gasteiger partial charge is 0.312 e. The molecule has 0 aliphatic heterocycles. The first-order valence-electron chi connectivity index (χ1n) is 7.15. The summed E-state index contributed by atoms with van der Waals surface area (Å²) in [7, 11) is 4.25. The molecule has 0 atom stereocenters. The smallest absolute Gasteiger partial charge is 0.0702 e. The number of fused-ring (bicyclic) bond motifs is 1. The maximum absolute atomic E-state index is 4.35. The SMILES string of the molecule is CN(C)CC(C)(C)CNCc1ccc2ncccc2c1. The molecule has 0 spiro atoms. The van der Waals surface area contributed by atoms with Gasteiger partial charge < -0.3 is 10.2 Å². The van der Waals surface area contributed by atoms with Gasteiger partial charge in [0.05, 0.1) is 5.52 Å². The standard InChI is InChI=1S/C17H25N3/c1-17(2,13-20(3)4)12-18-11-14-7-8-16-15(10-14)6-5-9-19-16/h5-10,18H,11-13H2,1-4H3. The second-order valence-corrected chi connectivity index (χ2v) is 6.54. The second kappa shape index (κ2) is 6.33. The normalized spacial score (nSPS) is 12.2. The maximum atomic E-state index is 4.35. The number of pyridine rings is 1. The van der Waals surface area contributed by atoms with Gasteiger partial charge in [-0.1, -0.05) is 26.0 Å². The molecule has 0 saturated heterocycles. The molecule has 2 rings (SSSR count). The van der Waals surface area contributed by atoms with Crippen molar-refractivity contribution in [1.29, 1.82) is 0 Å². The molecule has 2 aromatic rings. The summed E-state index contributed by atoms with van der Waals surface area (Å²) in [5.74, 6) is 0. The van der Waals surface area contributed by atoms with Crippen LogP contribution in [0.1, 0.15) is 19.4 Å². The first-order chi connectivity index (χ1) is 9.46. The van der Waals surface area contributed by atoms with Crippen LogP contribution >= 0.6 is 0 Å². The Hall–Kier alpha value is -1.45. The lowest BCUT2D eigenvalue weighted by atomic mass is 9.93. The monoisotopic (exact) mass is 271 g/mol. The van der Waals surface area contributed by atoms with Crippen LogP contribution in [0, 0.1) is 5.41 Å². The predicted molar refractivity (Wildman–Crippen MR) is 85.8 cm³/mol. The van der Waals surface area contributed by atoms with Crippen molar-refractivity contribution in [2.75, 3.05) is 27.2 Å².